The van der Waals surface area contributed by atoms with Crippen LogP contribution in [0.2, 0.25) is 0 Å². The van der Waals surface area contributed by atoms with Gasteiger partial charge in [-0.15, -0.1) is 0 Å². The number of ether oxygens (including phenoxy) is 1. The van der Waals surface area contributed by atoms with Crippen molar-refractivity contribution in [3.63, 3.8) is 0 Å². The number of rotatable bonds is 4. The maximum Gasteiger partial charge on any atom is 0.141 e. The highest BCUT2D eigenvalue weighted by Gasteiger charge is 2.12. The van der Waals surface area contributed by atoms with E-state index in [1.165, 1.54) is 6.33 Å². The van der Waals surface area contributed by atoms with Gasteiger partial charge in [-0.2, -0.15) is 0 Å². The monoisotopic (exact) mass is 437 g/mol. The van der Waals surface area contributed by atoms with Crippen molar-refractivity contribution in [2.45, 2.75) is 6.61 Å². The molecule has 118 valence electrons. The van der Waals surface area contributed by atoms with Gasteiger partial charge in [0.15, 0.2) is 0 Å². The van der Waals surface area contributed by atoms with E-state index < -0.39 is 0 Å². The summed E-state index contributed by atoms with van der Waals surface area (Å²) in [6.45, 7) is -0.119. The zero-order valence-electron chi connectivity index (χ0n) is 12.2. The van der Waals surface area contributed by atoms with Crippen LogP contribution in [0.3, 0.4) is 0 Å². The fourth-order valence-electron chi connectivity index (χ4n) is 2.28. The maximum absolute atomic E-state index is 9.52. The number of anilines is 2. The first-order valence-corrected chi connectivity index (χ1v) is 8.36. The molecule has 0 amide bonds. The quantitative estimate of drug-likeness (QED) is 0.631. The van der Waals surface area contributed by atoms with E-state index in [0.29, 0.717) is 17.1 Å². The Morgan fingerprint density at radius 1 is 1.17 bits per heavy atom. The molecule has 1 aromatic heterocycles. The van der Waals surface area contributed by atoms with Crippen molar-refractivity contribution >= 4 is 54.3 Å². The molecule has 0 aliphatic rings. The number of aliphatic hydroxyl groups excluding tert-OH is 1. The van der Waals surface area contributed by atoms with Gasteiger partial charge >= 0.3 is 0 Å². The van der Waals surface area contributed by atoms with Gasteiger partial charge in [-0.25, -0.2) is 9.97 Å². The van der Waals surface area contributed by atoms with Gasteiger partial charge in [0.25, 0.3) is 0 Å². The summed E-state index contributed by atoms with van der Waals surface area (Å²) in [6.07, 6.45) is 1.49. The van der Waals surface area contributed by atoms with E-state index in [1.54, 1.807) is 13.2 Å². The van der Waals surface area contributed by atoms with Gasteiger partial charge in [0.2, 0.25) is 0 Å². The van der Waals surface area contributed by atoms with Gasteiger partial charge < -0.3 is 15.2 Å². The molecule has 0 atom stereocenters. The first-order valence-electron chi connectivity index (χ1n) is 6.77. The summed E-state index contributed by atoms with van der Waals surface area (Å²) in [6, 6.07) is 9.45. The summed E-state index contributed by atoms with van der Waals surface area (Å²) in [5.74, 6) is 1.26. The second kappa shape index (κ2) is 6.82. The van der Waals surface area contributed by atoms with Gasteiger partial charge in [-0.3, -0.25) is 0 Å². The number of hydrogen-bond acceptors (Lipinski definition) is 5. The van der Waals surface area contributed by atoms with Crippen LogP contribution >= 0.6 is 31.9 Å². The zero-order chi connectivity index (χ0) is 16.4. The zero-order valence-corrected chi connectivity index (χ0v) is 15.3. The molecule has 0 bridgehead atoms. The molecule has 1 heterocycles. The SMILES string of the molecule is COc1cc2ncnc(Nc3c(Br)cccc3Br)c2cc1CO. The Kier molecular flexibility index (Phi) is 4.79. The molecule has 0 aliphatic carbocycles. The molecule has 0 saturated carbocycles. The number of nitrogens with zero attached hydrogens (tertiary/aromatic N) is 2. The van der Waals surface area contributed by atoms with Crippen molar-refractivity contribution in [1.82, 2.24) is 9.97 Å². The van der Waals surface area contributed by atoms with E-state index in [4.69, 9.17) is 4.74 Å². The van der Waals surface area contributed by atoms with Gasteiger partial charge in [0.05, 0.1) is 24.9 Å². The molecule has 0 saturated heterocycles. The van der Waals surface area contributed by atoms with E-state index in [1.807, 2.05) is 24.3 Å². The molecular weight excluding hydrogens is 426 g/mol. The fraction of sp³-hybridized carbons (Fsp3) is 0.125. The molecule has 0 aliphatic heterocycles. The average molecular weight is 439 g/mol. The van der Waals surface area contributed by atoms with Crippen LogP contribution in [0.4, 0.5) is 11.5 Å². The van der Waals surface area contributed by atoms with Crippen molar-refractivity contribution in [2.24, 2.45) is 0 Å². The predicted octanol–water partition coefficient (Wildman–Crippen LogP) is 4.40. The van der Waals surface area contributed by atoms with Crippen molar-refractivity contribution in [2.75, 3.05) is 12.4 Å². The number of methoxy groups -OCH3 is 1. The molecule has 0 spiro atoms. The molecule has 0 radical (unpaired) electrons. The number of aliphatic hydroxyl groups is 1. The second-order valence-corrected chi connectivity index (χ2v) is 6.49. The van der Waals surface area contributed by atoms with Gasteiger partial charge in [0, 0.05) is 26.0 Å². The first kappa shape index (κ1) is 16.2. The lowest BCUT2D eigenvalue weighted by molar-refractivity contribution is 0.274. The highest BCUT2D eigenvalue weighted by atomic mass is 79.9. The number of benzene rings is 2. The largest absolute Gasteiger partial charge is 0.496 e. The predicted molar refractivity (Wildman–Crippen MR) is 97.1 cm³/mol. The number of halogens is 2. The molecule has 5 nitrogen and oxygen atoms in total. The molecule has 3 rings (SSSR count). The third-order valence-corrected chi connectivity index (χ3v) is 4.74. The molecule has 7 heteroatoms. The van der Waals surface area contributed by atoms with E-state index in [0.717, 1.165) is 25.5 Å². The van der Waals surface area contributed by atoms with Crippen molar-refractivity contribution in [3.8, 4) is 5.75 Å². The Hall–Kier alpha value is -1.70. The molecule has 0 fully saturated rings. The van der Waals surface area contributed by atoms with Crippen LogP contribution in [0.5, 0.6) is 5.75 Å². The number of fused-ring (bicyclic) bond motifs is 1. The van der Waals surface area contributed by atoms with Gasteiger partial charge in [-0.05, 0) is 50.1 Å². The van der Waals surface area contributed by atoms with E-state index in [-0.39, 0.29) is 6.61 Å². The van der Waals surface area contributed by atoms with Crippen molar-refractivity contribution in [1.29, 1.82) is 0 Å². The van der Waals surface area contributed by atoms with Crippen LogP contribution < -0.4 is 10.1 Å². The van der Waals surface area contributed by atoms with E-state index >= 15 is 0 Å². The minimum atomic E-state index is -0.119. The summed E-state index contributed by atoms with van der Waals surface area (Å²) in [4.78, 5) is 8.61. The maximum atomic E-state index is 9.52. The van der Waals surface area contributed by atoms with Crippen molar-refractivity contribution < 1.29 is 9.84 Å². The Labute approximate surface area is 150 Å². The third kappa shape index (κ3) is 3.17. The first-order chi connectivity index (χ1) is 11.1. The minimum absolute atomic E-state index is 0.119. The Morgan fingerprint density at radius 3 is 2.57 bits per heavy atom. The lowest BCUT2D eigenvalue weighted by Gasteiger charge is -2.13. The highest BCUT2D eigenvalue weighted by molar-refractivity contribution is 9.11. The van der Waals surface area contributed by atoms with Gasteiger partial charge in [-0.1, -0.05) is 6.07 Å². The van der Waals surface area contributed by atoms with Crippen LogP contribution in [-0.2, 0) is 6.61 Å². The number of aromatic nitrogens is 2. The van der Waals surface area contributed by atoms with E-state index in [2.05, 4.69) is 47.1 Å². The second-order valence-electron chi connectivity index (χ2n) is 4.78. The number of hydrogen-bond donors (Lipinski definition) is 2. The third-order valence-electron chi connectivity index (χ3n) is 3.41. The Morgan fingerprint density at radius 2 is 1.91 bits per heavy atom. The fourth-order valence-corrected chi connectivity index (χ4v) is 3.47. The smallest absolute Gasteiger partial charge is 0.141 e. The topological polar surface area (TPSA) is 67.3 Å². The lowest BCUT2D eigenvalue weighted by Crippen LogP contribution is -1.99. The van der Waals surface area contributed by atoms with Gasteiger partial charge in [0.1, 0.15) is 17.9 Å². The summed E-state index contributed by atoms with van der Waals surface area (Å²) in [7, 11) is 1.57. The molecule has 2 aromatic carbocycles. The van der Waals surface area contributed by atoms with Crippen LogP contribution in [0, 0.1) is 0 Å². The minimum Gasteiger partial charge on any atom is -0.496 e. The summed E-state index contributed by atoms with van der Waals surface area (Å²) >= 11 is 7.05. The molecular formula is C16H13Br2N3O2. The molecule has 23 heavy (non-hydrogen) atoms. The van der Waals surface area contributed by atoms with Crippen LogP contribution in [0.1, 0.15) is 5.56 Å². The average Bonchev–Trinajstić information content (AvgIpc) is 2.57. The van der Waals surface area contributed by atoms with Crippen LogP contribution in [0.25, 0.3) is 10.9 Å². The number of nitrogens with one attached hydrogen (secondary N) is 1. The van der Waals surface area contributed by atoms with Crippen molar-refractivity contribution in [3.05, 3.63) is 51.2 Å². The highest BCUT2D eigenvalue weighted by Crippen LogP contribution is 2.35. The standard InChI is InChI=1S/C16H13Br2N3O2/c1-23-14-6-13-10(5-9(14)7-22)16(20-8-19-13)21-15-11(17)3-2-4-12(15)18/h2-6,8,22H,7H2,1H3,(H,19,20,21). The van der Waals surface area contributed by atoms with Crippen LogP contribution in [0.15, 0.2) is 45.6 Å². The summed E-state index contributed by atoms with van der Waals surface area (Å²) in [5.41, 5.74) is 2.29. The molecule has 3 aromatic rings. The lowest BCUT2D eigenvalue weighted by atomic mass is 10.1. The van der Waals surface area contributed by atoms with Crippen LogP contribution in [-0.4, -0.2) is 22.2 Å². The number of para-hydroxylation sites is 1. The normalized spacial score (nSPS) is 10.8. The summed E-state index contributed by atoms with van der Waals surface area (Å²) in [5, 5.41) is 13.6. The Balaban J connectivity index is 2.14. The van der Waals surface area contributed by atoms with E-state index in [9.17, 15) is 5.11 Å². The molecule has 0 unspecified atom stereocenters. The molecule has 2 N–H and O–H groups in total. The Bertz CT molecular complexity index is 851. The summed E-state index contributed by atoms with van der Waals surface area (Å²) < 4.78 is 7.11.